The number of urea groups is 1. The van der Waals surface area contributed by atoms with Gasteiger partial charge in [-0.15, -0.1) is 0 Å². The zero-order valence-electron chi connectivity index (χ0n) is 32.3. The Kier molecular flexibility index (Phi) is 16.8. The SMILES string of the molecule is CC[C@H](C)[C@@H]([C@H](CC(=O)N1CCC[C@H]1[C@H](OC)[C@@H](C)C(=O)N[C@H](CO)Cc1ccccc1)OC)N(C)C(=O)[C@@H](NC(=O)N1CCNC(=O)C1)C(C)C. The molecule has 14 heteroatoms. The fourth-order valence-electron chi connectivity index (χ4n) is 7.47. The van der Waals surface area contributed by atoms with Gasteiger partial charge in [0.15, 0.2) is 0 Å². The standard InChI is InChI=1S/C38H62N6O8/c1-9-25(4)34(42(6)37(49)33(24(2)3)41-38(50)43-19-17-39-31(46)22-43)30(51-7)21-32(47)44-18-13-16-29(44)35(52-8)26(5)36(48)40-28(23-45)20-27-14-11-10-12-15-27/h10-12,14-15,24-26,28-30,33-35,45H,9,13,16-23H2,1-8H3,(H,39,46)(H,40,48)(H,41,50)/t25-,26+,28-,29-,30-,33-,34-,35+/m0/s1. The van der Waals surface area contributed by atoms with E-state index in [0.29, 0.717) is 38.9 Å². The molecule has 6 amide bonds. The Hall–Kier alpha value is -3.75. The van der Waals surface area contributed by atoms with Gasteiger partial charge in [-0.05, 0) is 36.7 Å². The summed E-state index contributed by atoms with van der Waals surface area (Å²) in [6.45, 7) is 10.4. The third kappa shape index (κ3) is 11.1. The summed E-state index contributed by atoms with van der Waals surface area (Å²) in [6.07, 6.45) is 1.36. The topological polar surface area (TPSA) is 170 Å². The molecule has 2 heterocycles. The molecule has 0 unspecified atom stereocenters. The zero-order valence-corrected chi connectivity index (χ0v) is 32.3. The van der Waals surface area contributed by atoms with E-state index in [0.717, 1.165) is 12.0 Å². The molecule has 0 bridgehead atoms. The van der Waals surface area contributed by atoms with Crippen molar-refractivity contribution in [2.45, 2.75) is 103 Å². The Bertz CT molecular complexity index is 1330. The highest BCUT2D eigenvalue weighted by molar-refractivity contribution is 5.90. The first kappa shape index (κ1) is 42.7. The number of likely N-dealkylation sites (tertiary alicyclic amines) is 1. The second-order valence-corrected chi connectivity index (χ2v) is 14.6. The molecular weight excluding hydrogens is 668 g/mol. The summed E-state index contributed by atoms with van der Waals surface area (Å²) >= 11 is 0. The minimum absolute atomic E-state index is 0.00188. The van der Waals surface area contributed by atoms with E-state index in [1.165, 1.54) is 12.0 Å². The number of amides is 6. The number of methoxy groups -OCH3 is 2. The molecule has 1 aromatic carbocycles. The van der Waals surface area contributed by atoms with Crippen LogP contribution < -0.4 is 16.0 Å². The van der Waals surface area contributed by atoms with Gasteiger partial charge in [0.1, 0.15) is 12.6 Å². The van der Waals surface area contributed by atoms with Crippen LogP contribution in [0.5, 0.6) is 0 Å². The fourth-order valence-corrected chi connectivity index (χ4v) is 7.47. The zero-order chi connectivity index (χ0) is 38.5. The lowest BCUT2D eigenvalue weighted by atomic mass is 9.89. The first-order valence-electron chi connectivity index (χ1n) is 18.7. The molecule has 52 heavy (non-hydrogen) atoms. The molecule has 0 radical (unpaired) electrons. The monoisotopic (exact) mass is 730 g/mol. The van der Waals surface area contributed by atoms with Crippen LogP contribution in [0.25, 0.3) is 0 Å². The largest absolute Gasteiger partial charge is 0.394 e. The van der Waals surface area contributed by atoms with Crippen molar-refractivity contribution in [1.29, 1.82) is 0 Å². The summed E-state index contributed by atoms with van der Waals surface area (Å²) in [5.41, 5.74) is 0.999. The molecule has 2 saturated heterocycles. The molecule has 0 aromatic heterocycles. The number of hydrogen-bond donors (Lipinski definition) is 4. The van der Waals surface area contributed by atoms with Crippen LogP contribution in [-0.2, 0) is 35.1 Å². The van der Waals surface area contributed by atoms with Crippen molar-refractivity contribution in [2.24, 2.45) is 17.8 Å². The van der Waals surface area contributed by atoms with Gasteiger partial charge in [-0.1, -0.05) is 71.4 Å². The number of nitrogens with one attached hydrogen (secondary N) is 3. The van der Waals surface area contributed by atoms with Crippen LogP contribution in [0.2, 0.25) is 0 Å². The van der Waals surface area contributed by atoms with Crippen molar-refractivity contribution in [3.8, 4) is 0 Å². The number of hydrogen-bond acceptors (Lipinski definition) is 8. The predicted octanol–water partition coefficient (Wildman–Crippen LogP) is 1.79. The van der Waals surface area contributed by atoms with Crippen molar-refractivity contribution in [1.82, 2.24) is 30.7 Å². The van der Waals surface area contributed by atoms with Crippen molar-refractivity contribution in [3.63, 3.8) is 0 Å². The predicted molar refractivity (Wildman–Crippen MR) is 197 cm³/mol. The summed E-state index contributed by atoms with van der Waals surface area (Å²) in [6, 6.07) is 6.99. The number of aliphatic hydroxyl groups excluding tert-OH is 1. The Morgan fingerprint density at radius 1 is 1.04 bits per heavy atom. The summed E-state index contributed by atoms with van der Waals surface area (Å²) in [7, 11) is 4.76. The number of carbonyl (C=O) groups excluding carboxylic acids is 5. The van der Waals surface area contributed by atoms with Gasteiger partial charge in [-0.2, -0.15) is 0 Å². The number of benzene rings is 1. The molecule has 0 saturated carbocycles. The highest BCUT2D eigenvalue weighted by atomic mass is 16.5. The van der Waals surface area contributed by atoms with Gasteiger partial charge in [0, 0.05) is 40.9 Å². The molecule has 1 aromatic rings. The fraction of sp³-hybridized carbons (Fsp3) is 0.711. The Labute approximate surface area is 309 Å². The quantitative estimate of drug-likeness (QED) is 0.177. The first-order valence-corrected chi connectivity index (χ1v) is 18.7. The van der Waals surface area contributed by atoms with Crippen LogP contribution in [0.4, 0.5) is 4.79 Å². The van der Waals surface area contributed by atoms with E-state index < -0.39 is 42.3 Å². The molecule has 2 aliphatic rings. The van der Waals surface area contributed by atoms with Crippen molar-refractivity contribution >= 4 is 29.7 Å². The molecule has 3 rings (SSSR count). The summed E-state index contributed by atoms with van der Waals surface area (Å²) in [4.78, 5) is 71.5. The average molecular weight is 731 g/mol. The van der Waals surface area contributed by atoms with Gasteiger partial charge < -0.3 is 45.2 Å². The molecule has 2 aliphatic heterocycles. The van der Waals surface area contributed by atoms with E-state index in [9.17, 15) is 29.1 Å². The number of carbonyl (C=O) groups is 5. The minimum atomic E-state index is -0.863. The average Bonchev–Trinajstić information content (AvgIpc) is 3.62. The van der Waals surface area contributed by atoms with E-state index in [1.807, 2.05) is 58.0 Å². The number of aliphatic hydroxyl groups is 1. The van der Waals surface area contributed by atoms with E-state index in [4.69, 9.17) is 9.47 Å². The van der Waals surface area contributed by atoms with Crippen LogP contribution in [0.3, 0.4) is 0 Å². The molecule has 0 aliphatic carbocycles. The maximum atomic E-state index is 14.1. The summed E-state index contributed by atoms with van der Waals surface area (Å²) in [5.74, 6) is -1.89. The molecule has 14 nitrogen and oxygen atoms in total. The maximum absolute atomic E-state index is 14.1. The van der Waals surface area contributed by atoms with Gasteiger partial charge >= 0.3 is 6.03 Å². The van der Waals surface area contributed by atoms with E-state index in [2.05, 4.69) is 16.0 Å². The van der Waals surface area contributed by atoms with Crippen LogP contribution >= 0.6 is 0 Å². The molecule has 2 fully saturated rings. The highest BCUT2D eigenvalue weighted by Gasteiger charge is 2.43. The van der Waals surface area contributed by atoms with Gasteiger partial charge in [0.2, 0.25) is 23.6 Å². The molecular formula is C38H62N6O8. The van der Waals surface area contributed by atoms with Crippen LogP contribution in [0, 0.1) is 17.8 Å². The maximum Gasteiger partial charge on any atom is 0.318 e. The summed E-state index contributed by atoms with van der Waals surface area (Å²) in [5, 5.41) is 18.5. The van der Waals surface area contributed by atoms with E-state index in [-0.39, 0.29) is 61.1 Å². The second-order valence-electron chi connectivity index (χ2n) is 14.6. The number of nitrogens with zero attached hydrogens (tertiary/aromatic N) is 3. The molecule has 4 N–H and O–H groups in total. The Balaban J connectivity index is 1.73. The number of likely N-dealkylation sites (N-methyl/N-ethyl adjacent to an activating group) is 1. The van der Waals surface area contributed by atoms with Crippen molar-refractivity contribution in [2.75, 3.05) is 54.1 Å². The van der Waals surface area contributed by atoms with Crippen LogP contribution in [0.1, 0.15) is 65.9 Å². The van der Waals surface area contributed by atoms with E-state index >= 15 is 0 Å². The van der Waals surface area contributed by atoms with Gasteiger partial charge in [0.25, 0.3) is 0 Å². The third-order valence-electron chi connectivity index (χ3n) is 10.7. The minimum Gasteiger partial charge on any atom is -0.394 e. The van der Waals surface area contributed by atoms with Gasteiger partial charge in [-0.25, -0.2) is 4.79 Å². The lowest BCUT2D eigenvalue weighted by molar-refractivity contribution is -0.147. The first-order chi connectivity index (χ1) is 24.8. The Morgan fingerprint density at radius 2 is 1.73 bits per heavy atom. The Morgan fingerprint density at radius 3 is 2.31 bits per heavy atom. The van der Waals surface area contributed by atoms with E-state index in [1.54, 1.807) is 30.9 Å². The van der Waals surface area contributed by atoms with Crippen LogP contribution in [0.15, 0.2) is 30.3 Å². The lowest BCUT2D eigenvalue weighted by Crippen LogP contribution is -2.60. The summed E-state index contributed by atoms with van der Waals surface area (Å²) < 4.78 is 11.9. The number of ether oxygens (including phenoxy) is 2. The lowest BCUT2D eigenvalue weighted by Gasteiger charge is -2.41. The van der Waals surface area contributed by atoms with Crippen molar-refractivity contribution in [3.05, 3.63) is 35.9 Å². The third-order valence-corrected chi connectivity index (χ3v) is 10.7. The molecule has 292 valence electrons. The molecule has 0 spiro atoms. The smallest absolute Gasteiger partial charge is 0.318 e. The highest BCUT2D eigenvalue weighted by Crippen LogP contribution is 2.29. The van der Waals surface area contributed by atoms with Crippen molar-refractivity contribution < 1.29 is 38.6 Å². The molecule has 8 atom stereocenters. The normalized spacial score (nSPS) is 20.3. The van der Waals surface area contributed by atoms with Gasteiger partial charge in [0.05, 0.1) is 49.3 Å². The second kappa shape index (κ2) is 20.5. The number of rotatable bonds is 18. The van der Waals surface area contributed by atoms with Gasteiger partial charge in [-0.3, -0.25) is 19.2 Å². The number of piperazine rings is 1. The van der Waals surface area contributed by atoms with Crippen LogP contribution in [-0.4, -0.2) is 140 Å².